The first-order chi connectivity index (χ1) is 13.2. The standard InChI is InChI=1S/C17H14N2O2S.C4H9N/c20-16(21)14-11-18-17(22)19(14)15(12-7-3-1-4-8-12)13-9-5-2-6-10-13;1-2-4-5-3-1/h1-11,15H,(H,18,22)(H,20,21);5H,1-4H2. The summed E-state index contributed by atoms with van der Waals surface area (Å²) in [6, 6.07) is 19.2. The normalized spacial score (nSPS) is 13.2. The third-order valence-electron chi connectivity index (χ3n) is 4.48. The van der Waals surface area contributed by atoms with Crippen LogP contribution in [-0.2, 0) is 0 Å². The highest BCUT2D eigenvalue weighted by Crippen LogP contribution is 2.28. The number of nitrogens with one attached hydrogen (secondary N) is 2. The number of aromatic carboxylic acids is 1. The van der Waals surface area contributed by atoms with E-state index in [4.69, 9.17) is 12.2 Å². The molecule has 0 saturated carbocycles. The number of aromatic nitrogens is 2. The molecule has 5 nitrogen and oxygen atoms in total. The van der Waals surface area contributed by atoms with E-state index >= 15 is 0 Å². The van der Waals surface area contributed by atoms with Crippen LogP contribution in [0.25, 0.3) is 0 Å². The second-order valence-electron chi connectivity index (χ2n) is 6.34. The average Bonchev–Trinajstić information content (AvgIpc) is 3.38. The molecule has 1 saturated heterocycles. The van der Waals surface area contributed by atoms with Gasteiger partial charge in [-0.05, 0) is 49.3 Å². The lowest BCUT2D eigenvalue weighted by atomic mass is 9.98. The third-order valence-corrected chi connectivity index (χ3v) is 4.79. The smallest absolute Gasteiger partial charge is 0.354 e. The second-order valence-corrected chi connectivity index (χ2v) is 6.72. The Hall–Kier alpha value is -2.70. The van der Waals surface area contributed by atoms with E-state index in [1.165, 1.54) is 32.1 Å². The molecule has 4 rings (SSSR count). The van der Waals surface area contributed by atoms with Crippen molar-refractivity contribution in [2.75, 3.05) is 13.1 Å². The molecule has 0 unspecified atom stereocenters. The Morgan fingerprint density at radius 3 is 1.89 bits per heavy atom. The van der Waals surface area contributed by atoms with E-state index in [1.54, 1.807) is 4.57 Å². The number of aromatic amines is 1. The molecular formula is C21H23N3O2S. The van der Waals surface area contributed by atoms with Gasteiger partial charge >= 0.3 is 5.97 Å². The van der Waals surface area contributed by atoms with Crippen molar-refractivity contribution in [3.05, 3.63) is 88.5 Å². The first-order valence-electron chi connectivity index (χ1n) is 9.02. The summed E-state index contributed by atoms with van der Waals surface area (Å²) in [5, 5.41) is 12.7. The number of carbonyl (C=O) groups is 1. The molecule has 0 spiro atoms. The lowest BCUT2D eigenvalue weighted by molar-refractivity contribution is 0.0684. The Bertz CT molecular complexity index is 868. The molecule has 0 aliphatic carbocycles. The number of hydrogen-bond donors (Lipinski definition) is 3. The van der Waals surface area contributed by atoms with Gasteiger partial charge in [0.05, 0.1) is 6.04 Å². The predicted octanol–water partition coefficient (Wildman–Crippen LogP) is 4.25. The van der Waals surface area contributed by atoms with Gasteiger partial charge in [0.15, 0.2) is 4.77 Å². The molecule has 2 heterocycles. The van der Waals surface area contributed by atoms with Gasteiger partial charge in [0.25, 0.3) is 0 Å². The highest BCUT2D eigenvalue weighted by atomic mass is 32.1. The van der Waals surface area contributed by atoms with Crippen molar-refractivity contribution in [3.63, 3.8) is 0 Å². The molecule has 140 valence electrons. The van der Waals surface area contributed by atoms with Crippen molar-refractivity contribution in [1.29, 1.82) is 0 Å². The van der Waals surface area contributed by atoms with Crippen LogP contribution in [0.2, 0.25) is 0 Å². The molecule has 0 radical (unpaired) electrons. The van der Waals surface area contributed by atoms with Crippen LogP contribution in [0.15, 0.2) is 66.9 Å². The third kappa shape index (κ3) is 4.72. The first-order valence-corrected chi connectivity index (χ1v) is 9.43. The summed E-state index contributed by atoms with van der Waals surface area (Å²) < 4.78 is 2.03. The number of hydrogen-bond acceptors (Lipinski definition) is 3. The number of carboxylic acid groups (broad SMARTS) is 1. The predicted molar refractivity (Wildman–Crippen MR) is 109 cm³/mol. The van der Waals surface area contributed by atoms with E-state index in [1.807, 2.05) is 60.7 Å². The maximum atomic E-state index is 11.5. The zero-order valence-electron chi connectivity index (χ0n) is 15.0. The van der Waals surface area contributed by atoms with Crippen LogP contribution in [-0.4, -0.2) is 33.7 Å². The lowest BCUT2D eigenvalue weighted by Crippen LogP contribution is -2.17. The first kappa shape index (κ1) is 19.1. The van der Waals surface area contributed by atoms with Crippen LogP contribution in [0.3, 0.4) is 0 Å². The summed E-state index contributed by atoms with van der Waals surface area (Å²) in [4.78, 5) is 14.4. The van der Waals surface area contributed by atoms with Crippen LogP contribution in [0.1, 0.15) is 40.5 Å². The van der Waals surface area contributed by atoms with Crippen LogP contribution in [0, 0.1) is 4.77 Å². The number of benzene rings is 2. The van der Waals surface area contributed by atoms with Gasteiger partial charge in [-0.15, -0.1) is 0 Å². The molecule has 1 fully saturated rings. The Kier molecular flexibility index (Phi) is 6.57. The van der Waals surface area contributed by atoms with Gasteiger partial charge in [0.2, 0.25) is 0 Å². The molecule has 3 aromatic rings. The van der Waals surface area contributed by atoms with E-state index in [0.29, 0.717) is 4.77 Å². The minimum absolute atomic E-state index is 0.141. The van der Waals surface area contributed by atoms with Crippen molar-refractivity contribution in [2.24, 2.45) is 0 Å². The summed E-state index contributed by atoms with van der Waals surface area (Å²) in [5.74, 6) is -1.01. The zero-order chi connectivity index (χ0) is 19.1. The largest absolute Gasteiger partial charge is 0.477 e. The molecule has 1 aliphatic heterocycles. The van der Waals surface area contributed by atoms with Crippen molar-refractivity contribution < 1.29 is 9.90 Å². The van der Waals surface area contributed by atoms with Gasteiger partial charge in [-0.25, -0.2) is 4.79 Å². The highest BCUT2D eigenvalue weighted by Gasteiger charge is 2.22. The van der Waals surface area contributed by atoms with Crippen molar-refractivity contribution in [1.82, 2.24) is 14.9 Å². The van der Waals surface area contributed by atoms with E-state index in [9.17, 15) is 9.90 Å². The van der Waals surface area contributed by atoms with Gasteiger partial charge in [0.1, 0.15) is 5.69 Å². The average molecular weight is 382 g/mol. The maximum absolute atomic E-state index is 11.5. The summed E-state index contributed by atoms with van der Waals surface area (Å²) in [7, 11) is 0. The van der Waals surface area contributed by atoms with E-state index < -0.39 is 5.97 Å². The van der Waals surface area contributed by atoms with Crippen LogP contribution in [0.5, 0.6) is 0 Å². The SMILES string of the molecule is C1CCNC1.O=C(O)c1c[nH]c(=S)n1C(c1ccccc1)c1ccccc1. The van der Waals surface area contributed by atoms with Crippen LogP contribution in [0.4, 0.5) is 0 Å². The lowest BCUT2D eigenvalue weighted by Gasteiger charge is -2.21. The molecule has 3 N–H and O–H groups in total. The van der Waals surface area contributed by atoms with Gasteiger partial charge in [0, 0.05) is 6.20 Å². The van der Waals surface area contributed by atoms with Crippen molar-refractivity contribution in [2.45, 2.75) is 18.9 Å². The van der Waals surface area contributed by atoms with Crippen molar-refractivity contribution >= 4 is 18.2 Å². The number of carboxylic acids is 1. The Balaban J connectivity index is 0.000000364. The number of imidazole rings is 1. The van der Waals surface area contributed by atoms with E-state index in [-0.39, 0.29) is 11.7 Å². The molecule has 2 aromatic carbocycles. The number of H-pyrrole nitrogens is 1. The summed E-state index contributed by atoms with van der Waals surface area (Å²) in [5.41, 5.74) is 2.10. The highest BCUT2D eigenvalue weighted by molar-refractivity contribution is 7.71. The molecular weight excluding hydrogens is 358 g/mol. The fourth-order valence-corrected chi connectivity index (χ4v) is 3.45. The van der Waals surface area contributed by atoms with Gasteiger partial charge in [-0.1, -0.05) is 60.7 Å². The van der Waals surface area contributed by atoms with E-state index in [0.717, 1.165) is 11.1 Å². The Morgan fingerprint density at radius 1 is 0.963 bits per heavy atom. The van der Waals surface area contributed by atoms with Crippen LogP contribution >= 0.6 is 12.2 Å². The molecule has 0 bridgehead atoms. The topological polar surface area (TPSA) is 70.1 Å². The molecule has 1 aromatic heterocycles. The quantitative estimate of drug-likeness (QED) is 0.591. The van der Waals surface area contributed by atoms with Gasteiger partial charge in [-0.2, -0.15) is 0 Å². The maximum Gasteiger partial charge on any atom is 0.354 e. The summed E-state index contributed by atoms with van der Waals surface area (Å²) in [6.07, 6.45) is 4.21. The monoisotopic (exact) mass is 381 g/mol. The van der Waals surface area contributed by atoms with E-state index in [2.05, 4.69) is 10.3 Å². The minimum atomic E-state index is -1.01. The number of nitrogens with zero attached hydrogens (tertiary/aromatic N) is 1. The molecule has 1 aliphatic rings. The Labute approximate surface area is 163 Å². The van der Waals surface area contributed by atoms with Gasteiger partial charge < -0.3 is 15.4 Å². The fourth-order valence-electron chi connectivity index (χ4n) is 3.19. The minimum Gasteiger partial charge on any atom is -0.477 e. The zero-order valence-corrected chi connectivity index (χ0v) is 15.8. The molecule has 27 heavy (non-hydrogen) atoms. The fraction of sp³-hybridized carbons (Fsp3) is 0.238. The molecule has 0 amide bonds. The number of rotatable bonds is 4. The molecule has 6 heteroatoms. The van der Waals surface area contributed by atoms with Crippen LogP contribution < -0.4 is 5.32 Å². The van der Waals surface area contributed by atoms with Crippen molar-refractivity contribution in [3.8, 4) is 0 Å². The Morgan fingerprint density at radius 2 is 1.48 bits per heavy atom. The summed E-state index contributed by atoms with van der Waals surface area (Å²) in [6.45, 7) is 2.50. The van der Waals surface area contributed by atoms with Gasteiger partial charge in [-0.3, -0.25) is 4.57 Å². The summed E-state index contributed by atoms with van der Waals surface area (Å²) >= 11 is 5.31. The molecule has 0 atom stereocenters. The second kappa shape index (κ2) is 9.30.